The molecule has 0 aliphatic heterocycles. The third-order valence-electron chi connectivity index (χ3n) is 15.1. The summed E-state index contributed by atoms with van der Waals surface area (Å²) in [6, 6.07) is 72.0. The van der Waals surface area contributed by atoms with Crippen LogP contribution < -0.4 is 4.90 Å². The lowest BCUT2D eigenvalue weighted by atomic mass is 9.70. The van der Waals surface area contributed by atoms with E-state index in [1.165, 1.54) is 153 Å². The second-order valence-corrected chi connectivity index (χ2v) is 18.4. The van der Waals surface area contributed by atoms with E-state index in [2.05, 4.69) is 193 Å². The summed E-state index contributed by atoms with van der Waals surface area (Å²) in [5, 5.41) is 0. The van der Waals surface area contributed by atoms with Crippen molar-refractivity contribution in [2.45, 2.75) is 81.5 Å². The molecule has 62 heavy (non-hydrogen) atoms. The van der Waals surface area contributed by atoms with Crippen LogP contribution in [0.4, 0.5) is 17.1 Å². The maximum Gasteiger partial charge on any atom is 0.0726 e. The van der Waals surface area contributed by atoms with Crippen LogP contribution in [-0.2, 0) is 5.41 Å². The van der Waals surface area contributed by atoms with Crippen molar-refractivity contribution in [2.24, 2.45) is 0 Å². The van der Waals surface area contributed by atoms with E-state index in [1.54, 1.807) is 0 Å². The average molecular weight is 800 g/mol. The quantitative estimate of drug-likeness (QED) is 0.155. The second-order valence-electron chi connectivity index (χ2n) is 18.4. The van der Waals surface area contributed by atoms with Crippen molar-refractivity contribution in [1.82, 2.24) is 0 Å². The summed E-state index contributed by atoms with van der Waals surface area (Å²) in [5.74, 6) is 1.37. The predicted octanol–water partition coefficient (Wildman–Crippen LogP) is 16.9. The Morgan fingerprint density at radius 2 is 0.661 bits per heavy atom. The number of fused-ring (bicyclic) bond motifs is 10. The Bertz CT molecular complexity index is 2840. The summed E-state index contributed by atoms with van der Waals surface area (Å²) in [5.41, 5.74) is 22.0. The molecule has 0 amide bonds. The van der Waals surface area contributed by atoms with E-state index in [4.69, 9.17) is 0 Å². The number of hydrogen-bond donors (Lipinski definition) is 0. The van der Waals surface area contributed by atoms with Crippen molar-refractivity contribution in [3.8, 4) is 44.5 Å². The lowest BCUT2D eigenvalue weighted by molar-refractivity contribution is 0.443. The molecule has 0 N–H and O–H groups in total. The topological polar surface area (TPSA) is 3.24 Å². The molecule has 4 aliphatic carbocycles. The number of rotatable bonds is 7. The van der Waals surface area contributed by atoms with Gasteiger partial charge in [-0.25, -0.2) is 0 Å². The fraction of sp³-hybridized carbons (Fsp3) is 0.213. The third-order valence-corrected chi connectivity index (χ3v) is 15.1. The molecular weight excluding hydrogens is 747 g/mol. The Labute approximate surface area is 367 Å². The van der Waals surface area contributed by atoms with E-state index in [9.17, 15) is 0 Å². The molecule has 1 spiro atoms. The van der Waals surface area contributed by atoms with Crippen molar-refractivity contribution in [3.63, 3.8) is 0 Å². The van der Waals surface area contributed by atoms with Gasteiger partial charge in [-0.2, -0.15) is 0 Å². The van der Waals surface area contributed by atoms with Crippen molar-refractivity contribution in [2.75, 3.05) is 4.90 Å². The largest absolute Gasteiger partial charge is 0.310 e. The van der Waals surface area contributed by atoms with Gasteiger partial charge in [-0.15, -0.1) is 0 Å². The van der Waals surface area contributed by atoms with Gasteiger partial charge in [0.2, 0.25) is 0 Å². The fourth-order valence-electron chi connectivity index (χ4n) is 12.1. The highest BCUT2D eigenvalue weighted by Gasteiger charge is 2.51. The van der Waals surface area contributed by atoms with E-state index in [1.807, 2.05) is 0 Å². The Morgan fingerprint density at radius 1 is 0.306 bits per heavy atom. The molecule has 2 fully saturated rings. The molecule has 12 rings (SSSR count). The van der Waals surface area contributed by atoms with Gasteiger partial charge in [-0.3, -0.25) is 0 Å². The number of nitrogens with zero attached hydrogens (tertiary/aromatic N) is 1. The predicted molar refractivity (Wildman–Crippen MR) is 260 cm³/mol. The van der Waals surface area contributed by atoms with Gasteiger partial charge < -0.3 is 4.90 Å². The van der Waals surface area contributed by atoms with Gasteiger partial charge in [0.25, 0.3) is 0 Å². The average Bonchev–Trinajstić information content (AvgIpc) is 3.82. The first-order valence-corrected chi connectivity index (χ1v) is 23.4. The van der Waals surface area contributed by atoms with Crippen molar-refractivity contribution in [3.05, 3.63) is 221 Å². The van der Waals surface area contributed by atoms with Gasteiger partial charge in [-0.05, 0) is 152 Å². The third kappa shape index (κ3) is 6.04. The maximum atomic E-state index is 2.52. The van der Waals surface area contributed by atoms with E-state index >= 15 is 0 Å². The highest BCUT2D eigenvalue weighted by atomic mass is 15.1. The fourth-order valence-corrected chi connectivity index (χ4v) is 12.1. The Kier molecular flexibility index (Phi) is 9.32. The highest BCUT2D eigenvalue weighted by Crippen LogP contribution is 2.63. The van der Waals surface area contributed by atoms with Crippen LogP contribution in [0, 0.1) is 0 Å². The lowest BCUT2D eigenvalue weighted by Gasteiger charge is -2.32. The number of hydrogen-bond acceptors (Lipinski definition) is 1. The first-order valence-electron chi connectivity index (χ1n) is 23.4. The van der Waals surface area contributed by atoms with Crippen molar-refractivity contribution in [1.29, 1.82) is 0 Å². The minimum Gasteiger partial charge on any atom is -0.310 e. The van der Waals surface area contributed by atoms with Crippen LogP contribution in [0.5, 0.6) is 0 Å². The SMILES string of the molecule is c1ccc(-c2ccc(N(c3ccc(C4CCCCC4)cc3)c3ccc4c(c3)C3(c5ccccc5-c5ccccc53)c3ccccc3-4)cc2)c(-c2ccc(C3CCCCC3)cc2)c1. The minimum absolute atomic E-state index is 0.395. The van der Waals surface area contributed by atoms with E-state index < -0.39 is 5.41 Å². The molecular formula is C61H53N. The molecule has 302 valence electrons. The van der Waals surface area contributed by atoms with Crippen LogP contribution in [0.3, 0.4) is 0 Å². The first kappa shape index (κ1) is 37.3. The molecule has 2 saturated carbocycles. The summed E-state index contributed by atoms with van der Waals surface area (Å²) < 4.78 is 0. The van der Waals surface area contributed by atoms with Crippen LogP contribution >= 0.6 is 0 Å². The molecule has 0 aromatic heterocycles. The molecule has 0 unspecified atom stereocenters. The first-order chi connectivity index (χ1) is 30.8. The monoisotopic (exact) mass is 799 g/mol. The maximum absolute atomic E-state index is 2.52. The van der Waals surface area contributed by atoms with Gasteiger partial charge in [0.05, 0.1) is 5.41 Å². The van der Waals surface area contributed by atoms with Crippen molar-refractivity contribution < 1.29 is 0 Å². The van der Waals surface area contributed by atoms with E-state index in [-0.39, 0.29) is 0 Å². The number of benzene rings is 8. The summed E-state index contributed by atoms with van der Waals surface area (Å²) in [7, 11) is 0. The minimum atomic E-state index is -0.395. The zero-order chi connectivity index (χ0) is 41.0. The molecule has 0 radical (unpaired) electrons. The standard InChI is InChI=1S/C61H53N/c1-3-15-42(16-4-1)44-27-29-46(30-28-44)51-19-7-8-20-52(51)47-33-37-49(38-34-47)62(48-35-31-45(32-36-48)43-17-5-2-6-18-43)50-39-40-56-55-23-11-14-26-59(55)61(60(56)41-50)57-24-12-9-21-53(57)54-22-10-13-25-58(54)61/h7-14,19-43H,1-6,15-18H2. The second kappa shape index (κ2) is 15.5. The normalized spacial score (nSPS) is 16.4. The Balaban J connectivity index is 0.974. The van der Waals surface area contributed by atoms with Crippen LogP contribution in [-0.4, -0.2) is 0 Å². The zero-order valence-electron chi connectivity index (χ0n) is 35.6. The van der Waals surface area contributed by atoms with Crippen LogP contribution in [0.25, 0.3) is 44.5 Å². The lowest BCUT2D eigenvalue weighted by Crippen LogP contribution is -2.26. The molecule has 0 atom stereocenters. The van der Waals surface area contributed by atoms with Crippen molar-refractivity contribution >= 4 is 17.1 Å². The summed E-state index contributed by atoms with van der Waals surface area (Å²) >= 11 is 0. The van der Waals surface area contributed by atoms with Gasteiger partial charge in [-0.1, -0.05) is 190 Å². The molecule has 0 heterocycles. The molecule has 0 saturated heterocycles. The summed E-state index contributed by atoms with van der Waals surface area (Å²) in [6.45, 7) is 0. The van der Waals surface area contributed by atoms with Crippen LogP contribution in [0.15, 0.2) is 188 Å². The molecule has 4 aliphatic rings. The molecule has 1 heteroatoms. The molecule has 1 nitrogen and oxygen atoms in total. The summed E-state index contributed by atoms with van der Waals surface area (Å²) in [6.07, 6.45) is 13.4. The molecule has 0 bridgehead atoms. The van der Waals surface area contributed by atoms with Crippen LogP contribution in [0.2, 0.25) is 0 Å². The Morgan fingerprint density at radius 3 is 1.13 bits per heavy atom. The summed E-state index contributed by atoms with van der Waals surface area (Å²) in [4.78, 5) is 2.49. The van der Waals surface area contributed by atoms with E-state index in [0.717, 1.165) is 5.69 Å². The van der Waals surface area contributed by atoms with Gasteiger partial charge >= 0.3 is 0 Å². The number of anilines is 3. The Hall–Kier alpha value is -6.44. The van der Waals surface area contributed by atoms with Gasteiger partial charge in [0.1, 0.15) is 0 Å². The smallest absolute Gasteiger partial charge is 0.0726 e. The van der Waals surface area contributed by atoms with Crippen LogP contribution in [0.1, 0.15) is 109 Å². The molecule has 8 aromatic rings. The van der Waals surface area contributed by atoms with Gasteiger partial charge in [0, 0.05) is 17.1 Å². The molecule has 8 aromatic carbocycles. The highest BCUT2D eigenvalue weighted by molar-refractivity contribution is 5.96. The van der Waals surface area contributed by atoms with Gasteiger partial charge in [0.15, 0.2) is 0 Å². The zero-order valence-corrected chi connectivity index (χ0v) is 35.6. The van der Waals surface area contributed by atoms with E-state index in [0.29, 0.717) is 11.8 Å².